The second-order valence-electron chi connectivity index (χ2n) is 7.92. The molecule has 3 aromatic carbocycles. The number of aromatic nitrogens is 2. The molecule has 0 saturated carbocycles. The molecule has 4 rings (SSSR count). The van der Waals surface area contributed by atoms with Gasteiger partial charge in [-0.15, -0.1) is 0 Å². The number of nitrogens with zero attached hydrogens (tertiary/aromatic N) is 2. The fraction of sp³-hybridized carbons (Fsp3) is 0.200. The molecule has 0 aliphatic carbocycles. The van der Waals surface area contributed by atoms with Crippen molar-refractivity contribution in [2.45, 2.75) is 37.8 Å². The molecule has 0 saturated heterocycles. The van der Waals surface area contributed by atoms with Crippen LogP contribution in [0.5, 0.6) is 0 Å². The van der Waals surface area contributed by atoms with Crippen LogP contribution in [0, 0.1) is 0 Å². The number of fused-ring (bicyclic) bond motifs is 1. The summed E-state index contributed by atoms with van der Waals surface area (Å²) in [7, 11) is -3.62. The summed E-state index contributed by atoms with van der Waals surface area (Å²) >= 11 is 0. The third kappa shape index (κ3) is 5.13. The second kappa shape index (κ2) is 9.56. The highest BCUT2D eigenvalue weighted by Gasteiger charge is 2.17. The number of hydrogen-bond donors (Lipinski definition) is 2. The fourth-order valence-electron chi connectivity index (χ4n) is 3.55. The van der Waals surface area contributed by atoms with Crippen LogP contribution in [0.25, 0.3) is 10.8 Å². The van der Waals surface area contributed by atoms with Gasteiger partial charge in [-0.2, -0.15) is 5.10 Å². The molecule has 4 aromatic rings. The van der Waals surface area contributed by atoms with E-state index in [1.54, 1.807) is 23.9 Å². The molecule has 1 heterocycles. The molecule has 170 valence electrons. The Morgan fingerprint density at radius 1 is 1.00 bits per heavy atom. The van der Waals surface area contributed by atoms with E-state index in [2.05, 4.69) is 33.3 Å². The maximum atomic E-state index is 12.8. The van der Waals surface area contributed by atoms with Gasteiger partial charge in [-0.1, -0.05) is 49.4 Å². The van der Waals surface area contributed by atoms with E-state index >= 15 is 0 Å². The highest BCUT2D eigenvalue weighted by atomic mass is 32.2. The molecule has 1 amide bonds. The minimum atomic E-state index is -3.62. The second-order valence-corrected chi connectivity index (χ2v) is 9.64. The van der Waals surface area contributed by atoms with E-state index in [4.69, 9.17) is 0 Å². The number of sulfonamides is 1. The van der Waals surface area contributed by atoms with Crippen LogP contribution in [0.2, 0.25) is 0 Å². The summed E-state index contributed by atoms with van der Waals surface area (Å²) in [6.07, 6.45) is 2.32. The van der Waals surface area contributed by atoms with Crippen LogP contribution in [0.4, 0.5) is 5.82 Å². The Balaban J connectivity index is 1.50. The standard InChI is InChI=1S/C25H26N4O3S/c1-3-18(2)28-33(31,32)22-13-11-20(12-14-22)25(30)27-24-15-16-26-29(24)17-21-9-6-8-19-7-4-5-10-23(19)21/h4-16,18,28H,3,17H2,1-2H3,(H,27,30). The van der Waals surface area contributed by atoms with Crippen LogP contribution in [0.15, 0.2) is 83.9 Å². The largest absolute Gasteiger partial charge is 0.307 e. The minimum Gasteiger partial charge on any atom is -0.307 e. The monoisotopic (exact) mass is 462 g/mol. The number of benzene rings is 3. The summed E-state index contributed by atoms with van der Waals surface area (Å²) in [4.78, 5) is 12.9. The summed E-state index contributed by atoms with van der Waals surface area (Å²) in [6.45, 7) is 4.22. The van der Waals surface area contributed by atoms with Crippen molar-refractivity contribution >= 4 is 32.5 Å². The lowest BCUT2D eigenvalue weighted by molar-refractivity contribution is 0.102. The van der Waals surface area contributed by atoms with Crippen molar-refractivity contribution in [3.05, 3.63) is 90.1 Å². The van der Waals surface area contributed by atoms with E-state index in [1.165, 1.54) is 24.3 Å². The number of rotatable bonds is 8. The first kappa shape index (κ1) is 22.7. The van der Waals surface area contributed by atoms with Gasteiger partial charge in [0.25, 0.3) is 5.91 Å². The van der Waals surface area contributed by atoms with Crippen molar-refractivity contribution in [1.29, 1.82) is 0 Å². The highest BCUT2D eigenvalue weighted by Crippen LogP contribution is 2.21. The maximum absolute atomic E-state index is 12.8. The molecule has 0 aliphatic heterocycles. The molecular weight excluding hydrogens is 436 g/mol. The molecule has 8 heteroatoms. The zero-order valence-electron chi connectivity index (χ0n) is 18.5. The third-order valence-electron chi connectivity index (χ3n) is 5.55. The van der Waals surface area contributed by atoms with E-state index in [9.17, 15) is 13.2 Å². The van der Waals surface area contributed by atoms with Gasteiger partial charge in [0, 0.05) is 17.7 Å². The van der Waals surface area contributed by atoms with Gasteiger partial charge in [-0.25, -0.2) is 17.8 Å². The summed E-state index contributed by atoms with van der Waals surface area (Å²) < 4.78 is 29.2. The predicted molar refractivity (Wildman–Crippen MR) is 130 cm³/mol. The first-order valence-corrected chi connectivity index (χ1v) is 12.3. The lowest BCUT2D eigenvalue weighted by Gasteiger charge is -2.13. The quantitative estimate of drug-likeness (QED) is 0.406. The average Bonchev–Trinajstić information content (AvgIpc) is 3.25. The van der Waals surface area contributed by atoms with Gasteiger partial charge in [0.05, 0.1) is 17.6 Å². The third-order valence-corrected chi connectivity index (χ3v) is 7.16. The van der Waals surface area contributed by atoms with E-state index in [1.807, 2.05) is 31.2 Å². The maximum Gasteiger partial charge on any atom is 0.256 e. The molecule has 0 spiro atoms. The van der Waals surface area contributed by atoms with Crippen molar-refractivity contribution in [3.63, 3.8) is 0 Å². The van der Waals surface area contributed by atoms with E-state index < -0.39 is 10.0 Å². The Bertz CT molecular complexity index is 1370. The van der Waals surface area contributed by atoms with Crippen molar-refractivity contribution in [1.82, 2.24) is 14.5 Å². The number of nitrogens with one attached hydrogen (secondary N) is 2. The molecule has 1 unspecified atom stereocenters. The van der Waals surface area contributed by atoms with Crippen molar-refractivity contribution in [2.75, 3.05) is 5.32 Å². The van der Waals surface area contributed by atoms with Gasteiger partial charge in [0.1, 0.15) is 5.82 Å². The summed E-state index contributed by atoms with van der Waals surface area (Å²) in [6, 6.07) is 21.7. The lowest BCUT2D eigenvalue weighted by atomic mass is 10.0. The molecule has 0 radical (unpaired) electrons. The van der Waals surface area contributed by atoms with Crippen molar-refractivity contribution in [3.8, 4) is 0 Å². The molecule has 33 heavy (non-hydrogen) atoms. The lowest BCUT2D eigenvalue weighted by Crippen LogP contribution is -2.32. The first-order valence-electron chi connectivity index (χ1n) is 10.8. The molecule has 2 N–H and O–H groups in total. The van der Waals surface area contributed by atoms with Crippen LogP contribution in [-0.2, 0) is 16.6 Å². The molecule has 1 aromatic heterocycles. The van der Waals surface area contributed by atoms with Crippen LogP contribution in [0.1, 0.15) is 36.2 Å². The Kier molecular flexibility index (Phi) is 6.57. The smallest absolute Gasteiger partial charge is 0.256 e. The van der Waals surface area contributed by atoms with Gasteiger partial charge < -0.3 is 5.32 Å². The predicted octanol–water partition coefficient (Wildman–Crippen LogP) is 4.41. The van der Waals surface area contributed by atoms with E-state index in [0.717, 1.165) is 16.3 Å². The topological polar surface area (TPSA) is 93.1 Å². The summed E-state index contributed by atoms with van der Waals surface area (Å²) in [5.41, 5.74) is 1.45. The molecule has 7 nitrogen and oxygen atoms in total. The molecule has 0 aliphatic rings. The zero-order chi connectivity index (χ0) is 23.4. The number of amides is 1. The number of anilines is 1. The number of carbonyl (C=O) groups excluding carboxylic acids is 1. The van der Waals surface area contributed by atoms with Crippen molar-refractivity contribution < 1.29 is 13.2 Å². The average molecular weight is 463 g/mol. The minimum absolute atomic E-state index is 0.125. The van der Waals surface area contributed by atoms with Gasteiger partial charge >= 0.3 is 0 Å². The van der Waals surface area contributed by atoms with E-state index in [-0.39, 0.29) is 16.8 Å². The molecule has 0 fully saturated rings. The van der Waals surface area contributed by atoms with Crippen molar-refractivity contribution in [2.24, 2.45) is 0 Å². The van der Waals surface area contributed by atoms with Crippen LogP contribution < -0.4 is 10.0 Å². The zero-order valence-corrected chi connectivity index (χ0v) is 19.3. The highest BCUT2D eigenvalue weighted by molar-refractivity contribution is 7.89. The number of carbonyl (C=O) groups is 1. The fourth-order valence-corrected chi connectivity index (χ4v) is 4.87. The van der Waals surface area contributed by atoms with Gasteiger partial charge in [-0.05, 0) is 53.9 Å². The number of hydrogen-bond acceptors (Lipinski definition) is 4. The van der Waals surface area contributed by atoms with Crippen LogP contribution in [0.3, 0.4) is 0 Å². The molecular formula is C25H26N4O3S. The van der Waals surface area contributed by atoms with Gasteiger partial charge in [-0.3, -0.25) is 4.79 Å². The molecule has 0 bridgehead atoms. The van der Waals surface area contributed by atoms with Gasteiger partial charge in [0.2, 0.25) is 10.0 Å². The van der Waals surface area contributed by atoms with Crippen LogP contribution in [-0.4, -0.2) is 30.1 Å². The SMILES string of the molecule is CCC(C)NS(=O)(=O)c1ccc(C(=O)Nc2ccnn2Cc2cccc3ccccc23)cc1. The Morgan fingerprint density at radius 2 is 1.73 bits per heavy atom. The summed E-state index contributed by atoms with van der Waals surface area (Å²) in [5, 5.41) is 9.51. The Hall–Kier alpha value is -3.49. The van der Waals surface area contributed by atoms with E-state index in [0.29, 0.717) is 24.3 Å². The normalized spacial score (nSPS) is 12.5. The van der Waals surface area contributed by atoms with Crippen LogP contribution >= 0.6 is 0 Å². The summed E-state index contributed by atoms with van der Waals surface area (Å²) in [5.74, 6) is 0.219. The Labute approximate surface area is 193 Å². The van der Waals surface area contributed by atoms with Gasteiger partial charge in [0.15, 0.2) is 0 Å². The molecule has 1 atom stereocenters. The Morgan fingerprint density at radius 3 is 2.48 bits per heavy atom. The first-order chi connectivity index (χ1) is 15.9.